The van der Waals surface area contributed by atoms with E-state index in [2.05, 4.69) is 19.1 Å². The number of halogens is 1. The SMILES string of the molecule is Cc1ccc(Cl)c(OC(C)Cc2ccccc2)c1. The van der Waals surface area contributed by atoms with Crippen LogP contribution in [0.3, 0.4) is 0 Å². The monoisotopic (exact) mass is 260 g/mol. The predicted octanol–water partition coefficient (Wildman–Crippen LogP) is 4.66. The van der Waals surface area contributed by atoms with Crippen LogP contribution in [0.4, 0.5) is 0 Å². The van der Waals surface area contributed by atoms with Gasteiger partial charge in [-0.25, -0.2) is 0 Å². The van der Waals surface area contributed by atoms with Gasteiger partial charge in [0.25, 0.3) is 0 Å². The molecule has 0 fully saturated rings. The number of hydrogen-bond acceptors (Lipinski definition) is 1. The summed E-state index contributed by atoms with van der Waals surface area (Å²) in [4.78, 5) is 0. The minimum atomic E-state index is 0.103. The van der Waals surface area contributed by atoms with Gasteiger partial charge >= 0.3 is 0 Å². The van der Waals surface area contributed by atoms with Gasteiger partial charge in [0.1, 0.15) is 5.75 Å². The molecule has 2 heteroatoms. The van der Waals surface area contributed by atoms with Gasteiger partial charge in [0.2, 0.25) is 0 Å². The maximum atomic E-state index is 6.12. The van der Waals surface area contributed by atoms with Crippen molar-refractivity contribution in [2.75, 3.05) is 0 Å². The lowest BCUT2D eigenvalue weighted by atomic mass is 10.1. The van der Waals surface area contributed by atoms with Crippen LogP contribution in [0.15, 0.2) is 48.5 Å². The van der Waals surface area contributed by atoms with Crippen LogP contribution < -0.4 is 4.74 Å². The van der Waals surface area contributed by atoms with Crippen molar-refractivity contribution in [1.82, 2.24) is 0 Å². The second-order valence-corrected chi connectivity index (χ2v) is 4.96. The van der Waals surface area contributed by atoms with E-state index in [1.54, 1.807) is 0 Å². The molecular weight excluding hydrogens is 244 g/mol. The highest BCUT2D eigenvalue weighted by Crippen LogP contribution is 2.26. The first-order valence-electron chi connectivity index (χ1n) is 6.12. The highest BCUT2D eigenvalue weighted by atomic mass is 35.5. The number of aryl methyl sites for hydroxylation is 1. The molecule has 0 saturated carbocycles. The molecule has 0 aliphatic rings. The first kappa shape index (κ1) is 13.0. The van der Waals surface area contributed by atoms with Crippen molar-refractivity contribution in [1.29, 1.82) is 0 Å². The lowest BCUT2D eigenvalue weighted by Gasteiger charge is -2.16. The summed E-state index contributed by atoms with van der Waals surface area (Å²) >= 11 is 6.12. The highest BCUT2D eigenvalue weighted by molar-refractivity contribution is 6.32. The summed E-state index contributed by atoms with van der Waals surface area (Å²) in [5, 5.41) is 0.667. The predicted molar refractivity (Wildman–Crippen MR) is 76.4 cm³/mol. The zero-order valence-electron chi connectivity index (χ0n) is 10.7. The van der Waals surface area contributed by atoms with Crippen LogP contribution in [0.25, 0.3) is 0 Å². The standard InChI is InChI=1S/C16H17ClO/c1-12-8-9-15(17)16(10-12)18-13(2)11-14-6-4-3-5-7-14/h3-10,13H,11H2,1-2H3. The van der Waals surface area contributed by atoms with Gasteiger partial charge in [-0.1, -0.05) is 48.0 Å². The second-order valence-electron chi connectivity index (χ2n) is 4.55. The summed E-state index contributed by atoms with van der Waals surface area (Å²) in [6.07, 6.45) is 0.983. The fourth-order valence-corrected chi connectivity index (χ4v) is 2.07. The molecule has 18 heavy (non-hydrogen) atoms. The smallest absolute Gasteiger partial charge is 0.138 e. The molecule has 0 aliphatic heterocycles. The first-order chi connectivity index (χ1) is 8.65. The van der Waals surface area contributed by atoms with Crippen molar-refractivity contribution in [3.63, 3.8) is 0 Å². The van der Waals surface area contributed by atoms with Gasteiger partial charge < -0.3 is 4.74 Å². The van der Waals surface area contributed by atoms with Gasteiger partial charge in [-0.3, -0.25) is 0 Å². The molecule has 0 spiro atoms. The number of benzene rings is 2. The Kier molecular flexibility index (Phi) is 4.27. The molecule has 0 radical (unpaired) electrons. The summed E-state index contributed by atoms with van der Waals surface area (Å²) in [6.45, 7) is 4.09. The van der Waals surface area contributed by atoms with Gasteiger partial charge in [0.05, 0.1) is 11.1 Å². The summed E-state index contributed by atoms with van der Waals surface area (Å²) in [5.41, 5.74) is 2.43. The number of rotatable bonds is 4. The van der Waals surface area contributed by atoms with Crippen LogP contribution in [-0.4, -0.2) is 6.10 Å². The lowest BCUT2D eigenvalue weighted by Crippen LogP contribution is -2.15. The Hall–Kier alpha value is -1.47. The molecule has 1 atom stereocenters. The molecule has 2 aromatic rings. The molecule has 0 amide bonds. The quantitative estimate of drug-likeness (QED) is 0.777. The van der Waals surface area contributed by atoms with Crippen molar-refractivity contribution in [3.05, 3.63) is 64.7 Å². The molecule has 0 saturated heterocycles. The van der Waals surface area contributed by atoms with Gasteiger partial charge in [-0.05, 0) is 37.1 Å². The van der Waals surface area contributed by atoms with Crippen molar-refractivity contribution in [3.8, 4) is 5.75 Å². The Balaban J connectivity index is 2.03. The largest absolute Gasteiger partial charge is 0.489 e. The summed E-state index contributed by atoms with van der Waals surface area (Å²) in [5.74, 6) is 0.764. The van der Waals surface area contributed by atoms with E-state index >= 15 is 0 Å². The molecular formula is C16H17ClO. The molecule has 0 heterocycles. The molecule has 0 aliphatic carbocycles. The first-order valence-corrected chi connectivity index (χ1v) is 6.49. The Morgan fingerprint density at radius 3 is 2.56 bits per heavy atom. The average molecular weight is 261 g/mol. The normalized spacial score (nSPS) is 12.2. The van der Waals surface area contributed by atoms with E-state index in [0.29, 0.717) is 5.02 Å². The Labute approximate surface area is 113 Å². The van der Waals surface area contributed by atoms with Crippen LogP contribution in [0.1, 0.15) is 18.1 Å². The number of hydrogen-bond donors (Lipinski definition) is 0. The summed E-state index contributed by atoms with van der Waals surface area (Å²) in [7, 11) is 0. The van der Waals surface area contributed by atoms with E-state index in [4.69, 9.17) is 16.3 Å². The minimum Gasteiger partial charge on any atom is -0.489 e. The van der Waals surface area contributed by atoms with Crippen molar-refractivity contribution >= 4 is 11.6 Å². The van der Waals surface area contributed by atoms with Crippen LogP contribution >= 0.6 is 11.6 Å². The molecule has 94 valence electrons. The van der Waals surface area contributed by atoms with Gasteiger partial charge in [-0.2, -0.15) is 0 Å². The molecule has 0 N–H and O–H groups in total. The van der Waals surface area contributed by atoms with Gasteiger partial charge in [0.15, 0.2) is 0 Å². The summed E-state index contributed by atoms with van der Waals surface area (Å²) in [6, 6.07) is 16.2. The number of ether oxygens (including phenoxy) is 1. The third-order valence-electron chi connectivity index (χ3n) is 2.78. The van der Waals surface area contributed by atoms with Crippen LogP contribution in [0, 0.1) is 6.92 Å². The van der Waals surface area contributed by atoms with Crippen molar-refractivity contribution < 1.29 is 4.74 Å². The fourth-order valence-electron chi connectivity index (χ4n) is 1.91. The van der Waals surface area contributed by atoms with E-state index < -0.39 is 0 Å². The van der Waals surface area contributed by atoms with E-state index in [9.17, 15) is 0 Å². The third-order valence-corrected chi connectivity index (χ3v) is 3.09. The highest BCUT2D eigenvalue weighted by Gasteiger charge is 2.08. The maximum absolute atomic E-state index is 6.12. The molecule has 0 bridgehead atoms. The van der Waals surface area contributed by atoms with E-state index in [1.165, 1.54) is 5.56 Å². The summed E-state index contributed by atoms with van der Waals surface area (Å²) < 4.78 is 5.90. The Morgan fingerprint density at radius 1 is 1.11 bits per heavy atom. The second kappa shape index (κ2) is 5.92. The lowest BCUT2D eigenvalue weighted by molar-refractivity contribution is 0.222. The molecule has 2 aromatic carbocycles. The van der Waals surface area contributed by atoms with Gasteiger partial charge in [-0.15, -0.1) is 0 Å². The Morgan fingerprint density at radius 2 is 1.83 bits per heavy atom. The topological polar surface area (TPSA) is 9.23 Å². The fraction of sp³-hybridized carbons (Fsp3) is 0.250. The van der Waals surface area contributed by atoms with E-state index in [1.807, 2.05) is 43.3 Å². The van der Waals surface area contributed by atoms with Crippen LogP contribution in [0.5, 0.6) is 5.75 Å². The van der Waals surface area contributed by atoms with Crippen LogP contribution in [0.2, 0.25) is 5.02 Å². The van der Waals surface area contributed by atoms with Gasteiger partial charge in [0, 0.05) is 6.42 Å². The van der Waals surface area contributed by atoms with Crippen molar-refractivity contribution in [2.45, 2.75) is 26.4 Å². The van der Waals surface area contributed by atoms with E-state index in [0.717, 1.165) is 17.7 Å². The average Bonchev–Trinajstić information content (AvgIpc) is 2.35. The minimum absolute atomic E-state index is 0.103. The molecule has 1 unspecified atom stereocenters. The zero-order chi connectivity index (χ0) is 13.0. The zero-order valence-corrected chi connectivity index (χ0v) is 11.4. The molecule has 0 aromatic heterocycles. The molecule has 1 nitrogen and oxygen atoms in total. The van der Waals surface area contributed by atoms with Crippen molar-refractivity contribution in [2.24, 2.45) is 0 Å². The molecule has 2 rings (SSSR count). The maximum Gasteiger partial charge on any atom is 0.138 e. The van der Waals surface area contributed by atoms with E-state index in [-0.39, 0.29) is 6.10 Å². The Bertz CT molecular complexity index is 508. The van der Waals surface area contributed by atoms with Crippen LogP contribution in [-0.2, 0) is 6.42 Å². The third kappa shape index (κ3) is 3.51.